The molecular weight excluding hydrogens is 256 g/mol. The van der Waals surface area contributed by atoms with Gasteiger partial charge in [-0.25, -0.2) is 4.39 Å². The number of aryl methyl sites for hydroxylation is 1. The second kappa shape index (κ2) is 7.25. The summed E-state index contributed by atoms with van der Waals surface area (Å²) in [6, 6.07) is 16.2. The van der Waals surface area contributed by atoms with Crippen molar-refractivity contribution in [2.24, 2.45) is 0 Å². The summed E-state index contributed by atoms with van der Waals surface area (Å²) in [6.07, 6.45) is 2.07. The number of benzene rings is 2. The molecule has 0 aliphatic heterocycles. The fraction of sp³-hybridized carbons (Fsp3) is 0.250. The third kappa shape index (κ3) is 4.33. The Morgan fingerprint density at radius 3 is 2.53 bits per heavy atom. The quantitative estimate of drug-likeness (QED) is 0.594. The molecule has 0 spiro atoms. The van der Waals surface area contributed by atoms with E-state index in [4.69, 9.17) is 0 Å². The van der Waals surface area contributed by atoms with Gasteiger partial charge in [-0.3, -0.25) is 0 Å². The van der Waals surface area contributed by atoms with Crippen molar-refractivity contribution in [2.45, 2.75) is 19.8 Å². The van der Waals surface area contributed by atoms with Gasteiger partial charge in [0.15, 0.2) is 0 Å². The summed E-state index contributed by atoms with van der Waals surface area (Å²) in [5.41, 5.74) is 4.35. The smallest absolute Gasteiger partial charge is 0.115 e. The first-order chi connectivity index (χ1) is 9.29. The Morgan fingerprint density at radius 1 is 1.05 bits per heavy atom. The summed E-state index contributed by atoms with van der Waals surface area (Å²) in [5, 5.41) is 3.42. The van der Waals surface area contributed by atoms with Gasteiger partial charge in [-0.2, -0.15) is 0 Å². The Kier molecular flexibility index (Phi) is 5.35. The average Bonchev–Trinajstić information content (AvgIpc) is 2.46. The predicted octanol–water partition coefficient (Wildman–Crippen LogP) is 4.71. The van der Waals surface area contributed by atoms with Crippen molar-refractivity contribution in [3.05, 3.63) is 65.2 Å². The Labute approximate surface area is 116 Å². The van der Waals surface area contributed by atoms with Crippen LogP contribution in [0.25, 0.3) is 0 Å². The molecule has 2 aromatic rings. The molecule has 0 aromatic heterocycles. The van der Waals surface area contributed by atoms with Crippen LogP contribution >= 0.6 is 8.58 Å². The van der Waals surface area contributed by atoms with E-state index in [0.717, 1.165) is 37.8 Å². The fourth-order valence-corrected chi connectivity index (χ4v) is 2.93. The van der Waals surface area contributed by atoms with E-state index in [9.17, 15) is 4.39 Å². The molecule has 0 amide bonds. The summed E-state index contributed by atoms with van der Waals surface area (Å²) >= 11 is 0. The number of halogens is 1. The van der Waals surface area contributed by atoms with Crippen LogP contribution in [0.3, 0.4) is 0 Å². The maximum atomic E-state index is 12.5. The topological polar surface area (TPSA) is 12.0 Å². The summed E-state index contributed by atoms with van der Waals surface area (Å²) in [5.74, 6) is 0. The van der Waals surface area contributed by atoms with Crippen molar-refractivity contribution < 1.29 is 4.39 Å². The molecule has 19 heavy (non-hydrogen) atoms. The first-order valence-electron chi connectivity index (χ1n) is 6.43. The highest BCUT2D eigenvalue weighted by Crippen LogP contribution is 2.22. The Balaban J connectivity index is 1.80. The van der Waals surface area contributed by atoms with E-state index in [1.54, 1.807) is 0 Å². The van der Waals surface area contributed by atoms with Crippen LogP contribution in [-0.2, 0) is 12.8 Å². The first kappa shape index (κ1) is 14.0. The van der Waals surface area contributed by atoms with Crippen molar-refractivity contribution in [1.82, 2.24) is 0 Å². The van der Waals surface area contributed by atoms with Gasteiger partial charge in [-0.1, -0.05) is 51.0 Å². The summed E-state index contributed by atoms with van der Waals surface area (Å²) in [4.78, 5) is 0. The highest BCUT2D eigenvalue weighted by atomic mass is 31.1. The van der Waals surface area contributed by atoms with Crippen LogP contribution in [0.5, 0.6) is 0 Å². The monoisotopic (exact) mass is 275 g/mol. The van der Waals surface area contributed by atoms with Crippen molar-refractivity contribution in [3.8, 4) is 0 Å². The molecule has 0 radical (unpaired) electrons. The third-order valence-corrected chi connectivity index (χ3v) is 4.11. The van der Waals surface area contributed by atoms with E-state index in [1.165, 1.54) is 5.56 Å². The highest BCUT2D eigenvalue weighted by molar-refractivity contribution is 7.37. The zero-order valence-corrected chi connectivity index (χ0v) is 12.1. The molecule has 0 bridgehead atoms. The van der Waals surface area contributed by atoms with Crippen LogP contribution in [0.4, 0.5) is 10.1 Å². The van der Waals surface area contributed by atoms with E-state index in [1.807, 2.05) is 31.2 Å². The van der Waals surface area contributed by atoms with Crippen molar-refractivity contribution in [1.29, 1.82) is 0 Å². The molecule has 3 heteroatoms. The molecule has 0 aliphatic carbocycles. The van der Waals surface area contributed by atoms with Gasteiger partial charge in [-0.05, 0) is 35.8 Å². The number of alkyl halides is 1. The lowest BCUT2D eigenvalue weighted by molar-refractivity contribution is 0.485. The van der Waals surface area contributed by atoms with Gasteiger partial charge in [0.25, 0.3) is 0 Å². The molecule has 0 heterocycles. The van der Waals surface area contributed by atoms with Gasteiger partial charge in [0.1, 0.15) is 6.67 Å². The van der Waals surface area contributed by atoms with E-state index in [-0.39, 0.29) is 0 Å². The number of hydrogen-bond donors (Lipinski definition) is 1. The molecule has 1 unspecified atom stereocenters. The maximum absolute atomic E-state index is 12.5. The third-order valence-electron chi connectivity index (χ3n) is 3.02. The van der Waals surface area contributed by atoms with Gasteiger partial charge in [0.2, 0.25) is 0 Å². The summed E-state index contributed by atoms with van der Waals surface area (Å²) in [6.45, 7) is 1.62. The zero-order chi connectivity index (χ0) is 13.5. The van der Waals surface area contributed by atoms with E-state index in [2.05, 4.69) is 29.6 Å². The molecule has 1 N–H and O–H groups in total. The average molecular weight is 275 g/mol. The van der Waals surface area contributed by atoms with Crippen molar-refractivity contribution >= 4 is 14.3 Å². The van der Waals surface area contributed by atoms with Crippen molar-refractivity contribution in [3.63, 3.8) is 0 Å². The van der Waals surface area contributed by atoms with Crippen LogP contribution in [0.15, 0.2) is 48.5 Å². The number of hydrogen-bond acceptors (Lipinski definition) is 1. The summed E-state index contributed by atoms with van der Waals surface area (Å²) < 4.78 is 12.5. The molecule has 0 aliphatic rings. The minimum absolute atomic E-state index is 0.392. The zero-order valence-electron chi connectivity index (χ0n) is 11.1. The van der Waals surface area contributed by atoms with E-state index >= 15 is 0 Å². The molecule has 2 aromatic carbocycles. The fourth-order valence-electron chi connectivity index (χ4n) is 1.97. The summed E-state index contributed by atoms with van der Waals surface area (Å²) in [7, 11) is 0.844. The van der Waals surface area contributed by atoms with Crippen LogP contribution in [0, 0.1) is 6.92 Å². The minimum Gasteiger partial charge on any atom is -0.381 e. The number of anilines is 1. The second-order valence-corrected chi connectivity index (χ2v) is 5.76. The van der Waals surface area contributed by atoms with Crippen LogP contribution < -0.4 is 5.32 Å². The van der Waals surface area contributed by atoms with Gasteiger partial charge in [0, 0.05) is 12.0 Å². The lowest BCUT2D eigenvalue weighted by Gasteiger charge is -2.10. The molecule has 0 fully saturated rings. The normalized spacial score (nSPS) is 11.1. The van der Waals surface area contributed by atoms with Gasteiger partial charge >= 0.3 is 0 Å². The van der Waals surface area contributed by atoms with Crippen LogP contribution in [0.2, 0.25) is 0 Å². The van der Waals surface area contributed by atoms with Gasteiger partial charge in [0.05, 0.1) is 0 Å². The molecule has 0 saturated heterocycles. The van der Waals surface area contributed by atoms with Gasteiger partial charge in [-0.15, -0.1) is 0 Å². The highest BCUT2D eigenvalue weighted by Gasteiger charge is 1.99. The Bertz CT molecular complexity index is 513. The minimum atomic E-state index is -0.392. The standard InChI is InChI=1S/C16H19FNP/c1-13-9-15(10-17)7-8-16(13)18-12-19-11-14-5-3-2-4-6-14/h2-9,18-19H,10-12H2,1H3. The number of rotatable bonds is 6. The predicted molar refractivity (Wildman–Crippen MR) is 82.9 cm³/mol. The lowest BCUT2D eigenvalue weighted by Crippen LogP contribution is -1.99. The molecule has 2 rings (SSSR count). The van der Waals surface area contributed by atoms with Crippen LogP contribution in [0.1, 0.15) is 16.7 Å². The van der Waals surface area contributed by atoms with Crippen molar-refractivity contribution in [2.75, 3.05) is 11.6 Å². The van der Waals surface area contributed by atoms with E-state index < -0.39 is 6.67 Å². The number of nitrogens with one attached hydrogen (secondary N) is 1. The second-order valence-electron chi connectivity index (χ2n) is 4.55. The van der Waals surface area contributed by atoms with Gasteiger partial charge < -0.3 is 5.32 Å². The molecular formula is C16H19FNP. The molecule has 0 saturated carbocycles. The Morgan fingerprint density at radius 2 is 1.84 bits per heavy atom. The molecule has 1 nitrogen and oxygen atoms in total. The van der Waals surface area contributed by atoms with Crippen LogP contribution in [-0.4, -0.2) is 6.29 Å². The maximum Gasteiger partial charge on any atom is 0.115 e. The van der Waals surface area contributed by atoms with E-state index in [0.29, 0.717) is 0 Å². The largest absolute Gasteiger partial charge is 0.381 e. The SMILES string of the molecule is Cc1cc(CF)ccc1NCPCc1ccccc1. The first-order valence-corrected chi connectivity index (χ1v) is 7.85. The molecule has 100 valence electrons. The lowest BCUT2D eigenvalue weighted by atomic mass is 10.1. The molecule has 1 atom stereocenters. The Hall–Kier alpha value is -1.40.